The van der Waals surface area contributed by atoms with Crippen molar-refractivity contribution in [3.63, 3.8) is 0 Å². The summed E-state index contributed by atoms with van der Waals surface area (Å²) in [6, 6.07) is 79.5. The molecule has 13 rings (SSSR count). The Balaban J connectivity index is 1.02. The maximum Gasteiger partial charge on any atom is 0.0465 e. The molecule has 0 saturated carbocycles. The SMILES string of the molecule is CC1(C)c2ccccc2-c2ccc(N(c3ccc(-c4c(-c5ccc(-c6ccccc6)cc5)c5c6ccccc6sc5c5ccccc45)cc3)c3ccc4c(c3)C(C)(C)c3ccccc3-4)cc21. The van der Waals surface area contributed by atoms with Gasteiger partial charge in [0.2, 0.25) is 0 Å². The van der Waals surface area contributed by atoms with E-state index in [2.05, 4.69) is 245 Å². The second kappa shape index (κ2) is 14.5. The molecule has 0 aliphatic heterocycles. The molecule has 0 fully saturated rings. The van der Waals surface area contributed by atoms with Crippen LogP contribution in [0.5, 0.6) is 0 Å². The fraction of sp³-hybridized carbons (Fsp3) is 0.0938. The monoisotopic (exact) mass is 861 g/mol. The minimum atomic E-state index is -0.125. The highest BCUT2D eigenvalue weighted by atomic mass is 32.1. The molecule has 11 aromatic rings. The maximum atomic E-state index is 2.49. The van der Waals surface area contributed by atoms with Crippen molar-refractivity contribution in [2.45, 2.75) is 38.5 Å². The van der Waals surface area contributed by atoms with E-state index in [1.54, 1.807) is 0 Å². The first-order valence-corrected chi connectivity index (χ1v) is 24.0. The molecule has 0 spiro atoms. The lowest BCUT2D eigenvalue weighted by atomic mass is 9.82. The molecule has 0 saturated heterocycles. The third-order valence-corrected chi connectivity index (χ3v) is 16.1. The number of fused-ring (bicyclic) bond motifs is 11. The van der Waals surface area contributed by atoms with Gasteiger partial charge in [0.1, 0.15) is 0 Å². The smallest absolute Gasteiger partial charge is 0.0465 e. The van der Waals surface area contributed by atoms with E-state index in [4.69, 9.17) is 0 Å². The van der Waals surface area contributed by atoms with Crippen LogP contribution in [0.15, 0.2) is 212 Å². The molecule has 2 aliphatic rings. The Morgan fingerprint density at radius 1 is 0.333 bits per heavy atom. The molecule has 314 valence electrons. The minimum Gasteiger partial charge on any atom is -0.310 e. The molecule has 0 unspecified atom stereocenters. The number of thiophene rings is 1. The van der Waals surface area contributed by atoms with E-state index in [0.29, 0.717) is 0 Å². The van der Waals surface area contributed by atoms with Crippen LogP contribution in [0, 0.1) is 0 Å². The fourth-order valence-electron chi connectivity index (χ4n) is 11.6. The van der Waals surface area contributed by atoms with Gasteiger partial charge in [-0.05, 0) is 126 Å². The van der Waals surface area contributed by atoms with Gasteiger partial charge in [-0.25, -0.2) is 0 Å². The Labute approximate surface area is 390 Å². The summed E-state index contributed by atoms with van der Waals surface area (Å²) in [5, 5.41) is 5.19. The zero-order valence-electron chi connectivity index (χ0n) is 37.6. The molecule has 0 atom stereocenters. The van der Waals surface area contributed by atoms with E-state index in [9.17, 15) is 0 Å². The Morgan fingerprint density at radius 2 is 0.773 bits per heavy atom. The third kappa shape index (κ3) is 5.71. The first-order valence-electron chi connectivity index (χ1n) is 23.2. The molecule has 2 heteroatoms. The van der Waals surface area contributed by atoms with E-state index < -0.39 is 0 Å². The summed E-state index contributed by atoms with van der Waals surface area (Å²) in [6.07, 6.45) is 0. The summed E-state index contributed by atoms with van der Waals surface area (Å²) < 4.78 is 2.65. The summed E-state index contributed by atoms with van der Waals surface area (Å²) in [6.45, 7) is 9.50. The lowest BCUT2D eigenvalue weighted by Gasteiger charge is -2.30. The van der Waals surface area contributed by atoms with Gasteiger partial charge in [0.15, 0.2) is 0 Å². The van der Waals surface area contributed by atoms with E-state index >= 15 is 0 Å². The largest absolute Gasteiger partial charge is 0.310 e. The second-order valence-corrected chi connectivity index (χ2v) is 20.3. The first-order chi connectivity index (χ1) is 32.3. The van der Waals surface area contributed by atoms with Crippen LogP contribution >= 0.6 is 11.3 Å². The number of benzene rings is 10. The highest BCUT2D eigenvalue weighted by Crippen LogP contribution is 2.54. The Kier molecular flexibility index (Phi) is 8.54. The highest BCUT2D eigenvalue weighted by Gasteiger charge is 2.38. The molecule has 0 amide bonds. The molecule has 1 aromatic heterocycles. The molecule has 0 radical (unpaired) electrons. The first kappa shape index (κ1) is 38.9. The topological polar surface area (TPSA) is 3.24 Å². The normalized spacial score (nSPS) is 14.0. The van der Waals surface area contributed by atoms with Gasteiger partial charge in [0.25, 0.3) is 0 Å². The van der Waals surface area contributed by atoms with Crippen molar-refractivity contribution in [1.29, 1.82) is 0 Å². The fourth-order valence-corrected chi connectivity index (χ4v) is 12.8. The summed E-state index contributed by atoms with van der Waals surface area (Å²) in [4.78, 5) is 2.49. The summed E-state index contributed by atoms with van der Waals surface area (Å²) in [5.74, 6) is 0. The molecular formula is C64H47NS. The number of nitrogens with zero attached hydrogens (tertiary/aromatic N) is 1. The van der Waals surface area contributed by atoms with Gasteiger partial charge in [-0.2, -0.15) is 0 Å². The van der Waals surface area contributed by atoms with Crippen molar-refractivity contribution in [2.24, 2.45) is 0 Å². The zero-order valence-corrected chi connectivity index (χ0v) is 38.4. The van der Waals surface area contributed by atoms with Crippen molar-refractivity contribution < 1.29 is 0 Å². The van der Waals surface area contributed by atoms with Crippen molar-refractivity contribution in [3.05, 3.63) is 235 Å². The van der Waals surface area contributed by atoms with Crippen LogP contribution in [0.2, 0.25) is 0 Å². The van der Waals surface area contributed by atoms with Gasteiger partial charge < -0.3 is 4.90 Å². The quantitative estimate of drug-likeness (QED) is 0.161. The molecule has 0 N–H and O–H groups in total. The Morgan fingerprint density at radius 3 is 1.39 bits per heavy atom. The van der Waals surface area contributed by atoms with Crippen LogP contribution < -0.4 is 4.90 Å². The molecule has 10 aromatic carbocycles. The van der Waals surface area contributed by atoms with Gasteiger partial charge in [0, 0.05) is 53.5 Å². The lowest BCUT2D eigenvalue weighted by Crippen LogP contribution is -2.18. The van der Waals surface area contributed by atoms with Gasteiger partial charge in [-0.1, -0.05) is 198 Å². The minimum absolute atomic E-state index is 0.125. The second-order valence-electron chi connectivity index (χ2n) is 19.2. The van der Waals surface area contributed by atoms with E-state index in [0.717, 1.165) is 17.1 Å². The summed E-state index contributed by atoms with van der Waals surface area (Å²) >= 11 is 1.91. The number of hydrogen-bond donors (Lipinski definition) is 0. The van der Waals surface area contributed by atoms with Gasteiger partial charge >= 0.3 is 0 Å². The van der Waals surface area contributed by atoms with Crippen molar-refractivity contribution in [2.75, 3.05) is 4.90 Å². The predicted molar refractivity (Wildman–Crippen MR) is 283 cm³/mol. The van der Waals surface area contributed by atoms with Gasteiger partial charge in [-0.3, -0.25) is 0 Å². The lowest BCUT2D eigenvalue weighted by molar-refractivity contribution is 0.660. The van der Waals surface area contributed by atoms with Crippen molar-refractivity contribution >= 4 is 59.3 Å². The molecule has 0 bridgehead atoms. The van der Waals surface area contributed by atoms with Crippen LogP contribution in [-0.4, -0.2) is 0 Å². The number of hydrogen-bond acceptors (Lipinski definition) is 2. The van der Waals surface area contributed by atoms with Crippen LogP contribution in [0.4, 0.5) is 17.1 Å². The van der Waals surface area contributed by atoms with Crippen molar-refractivity contribution in [1.82, 2.24) is 0 Å². The van der Waals surface area contributed by atoms with Gasteiger partial charge in [0.05, 0.1) is 0 Å². The Hall–Kier alpha value is -7.52. The van der Waals surface area contributed by atoms with E-state index in [1.807, 2.05) is 11.3 Å². The van der Waals surface area contributed by atoms with Crippen LogP contribution in [0.1, 0.15) is 49.9 Å². The van der Waals surface area contributed by atoms with Crippen LogP contribution in [-0.2, 0) is 10.8 Å². The summed E-state index contributed by atoms with van der Waals surface area (Å²) in [7, 11) is 0. The average Bonchev–Trinajstić information content (AvgIpc) is 3.94. The number of rotatable bonds is 6. The standard InChI is InChI=1S/C64H47NS/c1-63(2)54-23-13-10-18-47(54)49-36-34-45(38-56(49)63)65(46-35-37-50-48-19-11-14-24-55(48)64(3,4)57(50)39-46)44-32-30-42(31-33-44)59-51-20-8-9-21-52(51)62-61(53-22-12-15-25-58(53)66-62)60(59)43-28-26-41(27-29-43)40-16-6-5-7-17-40/h5-39H,1-4H3. The molecular weight excluding hydrogens is 815 g/mol. The van der Waals surface area contributed by atoms with Gasteiger partial charge in [-0.15, -0.1) is 11.3 Å². The zero-order chi connectivity index (χ0) is 44.3. The Bertz CT molecular complexity index is 3630. The molecule has 66 heavy (non-hydrogen) atoms. The highest BCUT2D eigenvalue weighted by molar-refractivity contribution is 7.26. The molecule has 1 nitrogen and oxygen atoms in total. The number of anilines is 3. The van der Waals surface area contributed by atoms with E-state index in [1.165, 1.54) is 109 Å². The molecule has 1 heterocycles. The van der Waals surface area contributed by atoms with E-state index in [-0.39, 0.29) is 10.8 Å². The predicted octanol–water partition coefficient (Wildman–Crippen LogP) is 18.3. The van der Waals surface area contributed by atoms with Crippen molar-refractivity contribution in [3.8, 4) is 55.6 Å². The van der Waals surface area contributed by atoms with Crippen LogP contribution in [0.25, 0.3) is 86.6 Å². The third-order valence-electron chi connectivity index (χ3n) is 14.9. The molecule has 2 aliphatic carbocycles. The van der Waals surface area contributed by atoms with Crippen LogP contribution in [0.3, 0.4) is 0 Å². The summed E-state index contributed by atoms with van der Waals surface area (Å²) in [5.41, 5.74) is 21.4. The average molecular weight is 862 g/mol. The maximum absolute atomic E-state index is 2.49.